The minimum Gasteiger partial charge on any atom is -0.461 e. The molecule has 3 fully saturated rings. The Hall–Kier alpha value is -3.99. The number of aliphatic imine (C=N–C) groups is 1. The highest BCUT2D eigenvalue weighted by atomic mass is 32.1. The number of anilines is 1. The van der Waals surface area contributed by atoms with Gasteiger partial charge in [-0.25, -0.2) is 18.2 Å². The van der Waals surface area contributed by atoms with E-state index in [0.29, 0.717) is 59.7 Å². The fourth-order valence-electron chi connectivity index (χ4n) is 7.73. The molecule has 5 heterocycles. The van der Waals surface area contributed by atoms with E-state index in [9.17, 15) is 14.8 Å². The number of benzene rings is 2. The summed E-state index contributed by atoms with van der Waals surface area (Å²) in [7, 11) is 3.58. The molecule has 2 aromatic carbocycles. The summed E-state index contributed by atoms with van der Waals surface area (Å²) in [5.74, 6) is -0.744. The van der Waals surface area contributed by atoms with Crippen LogP contribution in [-0.4, -0.2) is 95.4 Å². The molecule has 2 aromatic heterocycles. The van der Waals surface area contributed by atoms with Crippen LogP contribution < -0.4 is 9.64 Å². The van der Waals surface area contributed by atoms with Crippen LogP contribution in [0.15, 0.2) is 23.2 Å². The van der Waals surface area contributed by atoms with Crippen LogP contribution in [0, 0.1) is 29.9 Å². The van der Waals surface area contributed by atoms with Crippen molar-refractivity contribution < 1.29 is 23.0 Å². The van der Waals surface area contributed by atoms with Gasteiger partial charge in [-0.3, -0.25) is 4.90 Å². The summed E-state index contributed by atoms with van der Waals surface area (Å²) in [5.41, 5.74) is -0.172. The van der Waals surface area contributed by atoms with E-state index >= 15 is 8.78 Å². The average molecular weight is 678 g/mol. The molecular weight excluding hydrogens is 639 g/mol. The third-order valence-corrected chi connectivity index (χ3v) is 11.0. The van der Waals surface area contributed by atoms with E-state index in [0.717, 1.165) is 30.7 Å². The van der Waals surface area contributed by atoms with Crippen LogP contribution in [-0.2, 0) is 0 Å². The topological polar surface area (TPSA) is 101 Å². The van der Waals surface area contributed by atoms with E-state index in [4.69, 9.17) is 9.72 Å². The van der Waals surface area contributed by atoms with Gasteiger partial charge in [0.2, 0.25) is 0 Å². The Morgan fingerprint density at radius 3 is 2.77 bits per heavy atom. The van der Waals surface area contributed by atoms with Crippen molar-refractivity contribution in [1.29, 1.82) is 5.26 Å². The van der Waals surface area contributed by atoms with E-state index in [1.807, 2.05) is 4.90 Å². The summed E-state index contributed by atoms with van der Waals surface area (Å²) in [6.45, 7) is 5.77. The number of nitriles is 1. The van der Waals surface area contributed by atoms with Gasteiger partial charge in [-0.2, -0.15) is 15.2 Å². The quantitative estimate of drug-likeness (QED) is 0.175. The number of fused-ring (bicyclic) bond motifs is 3. The Kier molecular flexibility index (Phi) is 8.25. The Bertz CT molecular complexity index is 1990. The van der Waals surface area contributed by atoms with Gasteiger partial charge in [0.1, 0.15) is 41.0 Å². The molecule has 0 unspecified atom stereocenters. The Morgan fingerprint density at radius 2 is 2.02 bits per heavy atom. The summed E-state index contributed by atoms with van der Waals surface area (Å²) >= 11 is 1.04. The number of nitrogens with zero attached hydrogens (tertiary/aromatic N) is 7. The molecule has 4 aromatic rings. The second-order valence-electron chi connectivity index (χ2n) is 13.9. The number of β-amino-alcohol motifs (C(OH)–C–C–N with tert-alkyl or cyclic N) is 1. The smallest absolute Gasteiger partial charge is 0.319 e. The van der Waals surface area contributed by atoms with E-state index in [1.165, 1.54) is 18.5 Å². The van der Waals surface area contributed by atoms with Crippen molar-refractivity contribution in [2.24, 2.45) is 4.99 Å². The molecule has 252 valence electrons. The largest absolute Gasteiger partial charge is 0.461 e. The van der Waals surface area contributed by atoms with Crippen molar-refractivity contribution in [3.05, 3.63) is 41.0 Å². The molecule has 3 saturated heterocycles. The predicted octanol–water partition coefficient (Wildman–Crippen LogP) is 6.50. The van der Waals surface area contributed by atoms with Crippen molar-refractivity contribution >= 4 is 49.5 Å². The van der Waals surface area contributed by atoms with Gasteiger partial charge in [0.05, 0.1) is 27.7 Å². The molecule has 1 N–H and O–H groups in total. The van der Waals surface area contributed by atoms with Gasteiger partial charge in [-0.1, -0.05) is 6.07 Å². The first kappa shape index (κ1) is 32.6. The molecule has 13 heteroatoms. The molecule has 0 radical (unpaired) electrons. The first-order valence-electron chi connectivity index (χ1n) is 16.3. The number of rotatable bonds is 7. The maximum atomic E-state index is 17.1. The molecule has 7 rings (SSSR count). The zero-order chi connectivity index (χ0) is 34.0. The molecule has 0 saturated carbocycles. The van der Waals surface area contributed by atoms with Crippen LogP contribution in [0.25, 0.3) is 32.1 Å². The minimum absolute atomic E-state index is 0.00782. The fraction of sp³-hybridized carbons (Fsp3) is 0.486. The molecule has 3 aliphatic heterocycles. The molecule has 0 spiro atoms. The SMILES string of the molecule is Cc1cc2c(N3CCC[C@@](C)(O)C3)nc(OC[C@@]34CCCN3C[C@H](F)C4)nc2c(F)c1-c1ccc(F)c2sc(/N=C/N(C)C)c(C#N)c12. The van der Waals surface area contributed by atoms with E-state index in [2.05, 4.69) is 20.9 Å². The van der Waals surface area contributed by atoms with Gasteiger partial charge < -0.3 is 19.6 Å². The highest BCUT2D eigenvalue weighted by Crippen LogP contribution is 2.46. The van der Waals surface area contributed by atoms with Crippen molar-refractivity contribution in [2.45, 2.75) is 63.3 Å². The van der Waals surface area contributed by atoms with E-state index < -0.39 is 28.9 Å². The zero-order valence-corrected chi connectivity index (χ0v) is 28.3. The lowest BCUT2D eigenvalue weighted by Gasteiger charge is -2.38. The van der Waals surface area contributed by atoms with Crippen molar-refractivity contribution in [3.63, 3.8) is 0 Å². The maximum absolute atomic E-state index is 17.1. The monoisotopic (exact) mass is 677 g/mol. The summed E-state index contributed by atoms with van der Waals surface area (Å²) < 4.78 is 53.3. The molecular formula is C35H38F3N7O2S. The molecule has 0 aliphatic carbocycles. The van der Waals surface area contributed by atoms with E-state index in [1.54, 1.807) is 38.9 Å². The second kappa shape index (κ2) is 12.2. The molecule has 48 heavy (non-hydrogen) atoms. The van der Waals surface area contributed by atoms with Crippen molar-refractivity contribution in [3.8, 4) is 23.2 Å². The van der Waals surface area contributed by atoms with Crippen LogP contribution in [0.5, 0.6) is 6.01 Å². The van der Waals surface area contributed by atoms with Crippen molar-refractivity contribution in [2.75, 3.05) is 51.8 Å². The summed E-state index contributed by atoms with van der Waals surface area (Å²) in [6.07, 6.45) is 4.04. The van der Waals surface area contributed by atoms with Crippen LogP contribution in [0.4, 0.5) is 24.0 Å². The zero-order valence-electron chi connectivity index (χ0n) is 27.5. The lowest BCUT2D eigenvalue weighted by Crippen LogP contribution is -2.46. The Labute approximate surface area is 281 Å². The number of piperidine rings is 1. The normalized spacial score (nSPS) is 24.6. The number of aromatic nitrogens is 2. The Morgan fingerprint density at radius 1 is 1.23 bits per heavy atom. The van der Waals surface area contributed by atoms with Gasteiger partial charge in [-0.15, -0.1) is 11.3 Å². The summed E-state index contributed by atoms with van der Waals surface area (Å²) in [6, 6.07) is 6.71. The first-order valence-corrected chi connectivity index (χ1v) is 17.1. The first-order chi connectivity index (χ1) is 22.9. The lowest BCUT2D eigenvalue weighted by molar-refractivity contribution is 0.0447. The third kappa shape index (κ3) is 5.63. The molecule has 3 atom stereocenters. The standard InChI is InChI=1S/C35H38F3N7O2S/c1-20-13-23-29(28(38)26(20)22-7-8-25(37)30-27(22)24(15-39)32(48-30)40-19-43(3)4)41-33(42-31(23)44-11-5-9-34(2,46)17-44)47-18-35-10-6-12-45(35)16-21(36)14-35/h7-8,13,19,21,46H,5-6,9-12,14,16-18H2,1-4H3/b40-19+/t21-,34-,35+/m1/s1. The fourth-order valence-corrected chi connectivity index (χ4v) is 8.76. The van der Waals surface area contributed by atoms with Crippen LogP contribution >= 0.6 is 11.3 Å². The Balaban J connectivity index is 1.40. The minimum atomic E-state index is -0.966. The molecule has 3 aliphatic rings. The predicted molar refractivity (Wildman–Crippen MR) is 182 cm³/mol. The number of ether oxygens (including phenoxy) is 1. The maximum Gasteiger partial charge on any atom is 0.319 e. The average Bonchev–Trinajstić information content (AvgIpc) is 3.69. The van der Waals surface area contributed by atoms with Crippen LogP contribution in [0.2, 0.25) is 0 Å². The number of hydrogen-bond acceptors (Lipinski definition) is 9. The second-order valence-corrected chi connectivity index (χ2v) is 14.9. The van der Waals surface area contributed by atoms with Gasteiger partial charge in [0.15, 0.2) is 5.82 Å². The van der Waals surface area contributed by atoms with Gasteiger partial charge in [0.25, 0.3) is 0 Å². The summed E-state index contributed by atoms with van der Waals surface area (Å²) in [5, 5.41) is 22.2. The molecule has 9 nitrogen and oxygen atoms in total. The highest BCUT2D eigenvalue weighted by molar-refractivity contribution is 7.23. The van der Waals surface area contributed by atoms with E-state index in [-0.39, 0.29) is 45.9 Å². The molecule has 0 amide bonds. The van der Waals surface area contributed by atoms with Crippen molar-refractivity contribution in [1.82, 2.24) is 19.8 Å². The van der Waals surface area contributed by atoms with Gasteiger partial charge in [0, 0.05) is 56.5 Å². The number of aryl methyl sites for hydroxylation is 1. The number of hydrogen-bond donors (Lipinski definition) is 1. The summed E-state index contributed by atoms with van der Waals surface area (Å²) in [4.78, 5) is 19.6. The van der Waals surface area contributed by atoms with Gasteiger partial charge >= 0.3 is 6.01 Å². The number of alkyl halides is 1. The van der Waals surface area contributed by atoms with Gasteiger partial charge in [-0.05, 0) is 69.3 Å². The number of thiophene rings is 1. The van der Waals surface area contributed by atoms with Crippen LogP contribution in [0.3, 0.4) is 0 Å². The highest BCUT2D eigenvalue weighted by Gasteiger charge is 2.49. The lowest BCUT2D eigenvalue weighted by atomic mass is 9.92. The molecule has 0 bridgehead atoms. The number of halogens is 3. The third-order valence-electron chi connectivity index (χ3n) is 9.85. The van der Waals surface area contributed by atoms with Crippen LogP contribution in [0.1, 0.15) is 50.2 Å². The number of aliphatic hydroxyl groups is 1.